The minimum absolute atomic E-state index is 0.128. The SMILES string of the molecule is O=C(c1cccs1)N1N=C2CCCCC[C@H]2[C@@]1(O)C(F)(F)F. The van der Waals surface area contributed by atoms with Crippen LogP contribution < -0.4 is 0 Å². The van der Waals surface area contributed by atoms with E-state index >= 15 is 0 Å². The number of halogens is 3. The maximum Gasteiger partial charge on any atom is 0.439 e. The van der Waals surface area contributed by atoms with Crippen molar-refractivity contribution in [1.29, 1.82) is 0 Å². The second-order valence-corrected chi connectivity index (χ2v) is 6.51. The van der Waals surface area contributed by atoms with E-state index in [1.165, 1.54) is 6.07 Å². The van der Waals surface area contributed by atoms with Gasteiger partial charge in [0.25, 0.3) is 11.6 Å². The number of nitrogens with zero attached hydrogens (tertiary/aromatic N) is 2. The maximum absolute atomic E-state index is 13.6. The second kappa shape index (κ2) is 5.34. The number of hydrazone groups is 1. The highest BCUT2D eigenvalue weighted by atomic mass is 32.1. The predicted octanol–water partition coefficient (Wildman–Crippen LogP) is 3.39. The van der Waals surface area contributed by atoms with Crippen molar-refractivity contribution in [2.45, 2.75) is 44.0 Å². The lowest BCUT2D eigenvalue weighted by Crippen LogP contribution is -2.61. The Labute approximate surface area is 129 Å². The first-order valence-corrected chi connectivity index (χ1v) is 7.98. The Morgan fingerprint density at radius 1 is 1.41 bits per heavy atom. The molecule has 0 bridgehead atoms. The Hall–Kier alpha value is -1.41. The van der Waals surface area contributed by atoms with Gasteiger partial charge in [0, 0.05) is 5.71 Å². The zero-order chi connectivity index (χ0) is 16.0. The van der Waals surface area contributed by atoms with E-state index in [4.69, 9.17) is 0 Å². The third-order valence-corrected chi connectivity index (χ3v) is 5.06. The zero-order valence-electron chi connectivity index (χ0n) is 11.6. The van der Waals surface area contributed by atoms with Gasteiger partial charge in [0.15, 0.2) is 0 Å². The highest BCUT2D eigenvalue weighted by Crippen LogP contribution is 2.48. The summed E-state index contributed by atoms with van der Waals surface area (Å²) in [6, 6.07) is 3.00. The molecule has 0 radical (unpaired) electrons. The summed E-state index contributed by atoms with van der Waals surface area (Å²) in [5, 5.41) is 16.2. The summed E-state index contributed by atoms with van der Waals surface area (Å²) < 4.78 is 40.8. The molecule has 1 aliphatic carbocycles. The fourth-order valence-electron chi connectivity index (χ4n) is 3.10. The molecule has 2 atom stereocenters. The van der Waals surface area contributed by atoms with Crippen LogP contribution in [0.15, 0.2) is 22.6 Å². The van der Waals surface area contributed by atoms with Gasteiger partial charge < -0.3 is 5.11 Å². The molecule has 2 aliphatic rings. The highest BCUT2D eigenvalue weighted by molar-refractivity contribution is 7.12. The van der Waals surface area contributed by atoms with E-state index in [0.717, 1.165) is 24.2 Å². The smallest absolute Gasteiger partial charge is 0.362 e. The number of hydrogen-bond acceptors (Lipinski definition) is 4. The van der Waals surface area contributed by atoms with Gasteiger partial charge in [0.2, 0.25) is 0 Å². The predicted molar refractivity (Wildman–Crippen MR) is 75.5 cm³/mol. The van der Waals surface area contributed by atoms with Crippen LogP contribution in [0.4, 0.5) is 13.2 Å². The lowest BCUT2D eigenvalue weighted by molar-refractivity contribution is -0.312. The summed E-state index contributed by atoms with van der Waals surface area (Å²) in [6.07, 6.45) is -2.27. The molecule has 0 unspecified atom stereocenters. The minimum Gasteiger partial charge on any atom is -0.362 e. The first-order chi connectivity index (χ1) is 10.4. The van der Waals surface area contributed by atoms with Crippen LogP contribution in [-0.4, -0.2) is 33.6 Å². The van der Waals surface area contributed by atoms with E-state index in [-0.39, 0.29) is 22.0 Å². The van der Waals surface area contributed by atoms with Crippen molar-refractivity contribution in [3.8, 4) is 0 Å². The summed E-state index contributed by atoms with van der Waals surface area (Å²) in [5.41, 5.74) is -2.96. The van der Waals surface area contributed by atoms with Gasteiger partial charge in [-0.1, -0.05) is 18.9 Å². The number of thiophene rings is 1. The van der Waals surface area contributed by atoms with Gasteiger partial charge in [0.1, 0.15) is 0 Å². The van der Waals surface area contributed by atoms with Crippen LogP contribution in [0.5, 0.6) is 0 Å². The molecular weight excluding hydrogens is 317 g/mol. The molecule has 4 nitrogen and oxygen atoms in total. The van der Waals surface area contributed by atoms with Crippen LogP contribution in [0.2, 0.25) is 0 Å². The fraction of sp³-hybridized carbons (Fsp3) is 0.571. The van der Waals surface area contributed by atoms with Crippen molar-refractivity contribution in [1.82, 2.24) is 5.01 Å². The molecule has 1 aromatic rings. The Balaban J connectivity index is 2.04. The molecule has 0 spiro atoms. The third-order valence-electron chi connectivity index (χ3n) is 4.21. The molecule has 2 heterocycles. The lowest BCUT2D eigenvalue weighted by Gasteiger charge is -2.36. The number of carbonyl (C=O) groups is 1. The molecule has 1 fully saturated rings. The molecule has 1 saturated carbocycles. The van der Waals surface area contributed by atoms with Gasteiger partial charge in [-0.05, 0) is 30.7 Å². The van der Waals surface area contributed by atoms with Crippen LogP contribution in [0.25, 0.3) is 0 Å². The molecule has 1 aliphatic heterocycles. The van der Waals surface area contributed by atoms with E-state index in [9.17, 15) is 23.1 Å². The first kappa shape index (κ1) is 15.5. The van der Waals surface area contributed by atoms with E-state index in [1.54, 1.807) is 11.4 Å². The van der Waals surface area contributed by atoms with Gasteiger partial charge in [-0.2, -0.15) is 23.3 Å². The number of amides is 1. The van der Waals surface area contributed by atoms with Crippen LogP contribution in [0.3, 0.4) is 0 Å². The lowest BCUT2D eigenvalue weighted by atomic mass is 9.87. The normalized spacial score (nSPS) is 29.0. The molecule has 1 amide bonds. The first-order valence-electron chi connectivity index (χ1n) is 7.10. The second-order valence-electron chi connectivity index (χ2n) is 5.56. The highest BCUT2D eigenvalue weighted by Gasteiger charge is 2.68. The standard InChI is InChI=1S/C14H15F3N2O2S/c15-14(16,17)13(21)9-5-2-1-3-6-10(9)18-19(13)12(20)11-7-4-8-22-11/h4,7-9,21H,1-3,5-6H2/t9-,13-/m1/s1. The van der Waals surface area contributed by atoms with E-state index in [2.05, 4.69) is 5.10 Å². The Morgan fingerprint density at radius 2 is 2.18 bits per heavy atom. The number of aliphatic hydroxyl groups is 1. The molecule has 3 rings (SSSR count). The zero-order valence-corrected chi connectivity index (χ0v) is 12.5. The van der Waals surface area contributed by atoms with Crippen molar-refractivity contribution >= 4 is 23.0 Å². The monoisotopic (exact) mass is 332 g/mol. The van der Waals surface area contributed by atoms with Crippen molar-refractivity contribution < 1.29 is 23.1 Å². The quantitative estimate of drug-likeness (QED) is 0.857. The Bertz CT molecular complexity index is 600. The third kappa shape index (κ3) is 2.25. The van der Waals surface area contributed by atoms with Crippen LogP contribution in [0, 0.1) is 5.92 Å². The van der Waals surface area contributed by atoms with Crippen molar-refractivity contribution in [2.75, 3.05) is 0 Å². The number of fused-ring (bicyclic) bond motifs is 1. The average molecular weight is 332 g/mol. The van der Waals surface area contributed by atoms with Gasteiger partial charge in [-0.25, -0.2) is 0 Å². The molecule has 8 heteroatoms. The Kier molecular flexibility index (Phi) is 3.76. The van der Waals surface area contributed by atoms with Crippen molar-refractivity contribution in [2.24, 2.45) is 11.0 Å². The number of rotatable bonds is 1. The summed E-state index contributed by atoms with van der Waals surface area (Å²) in [7, 11) is 0. The molecular formula is C14H15F3N2O2S. The number of carbonyl (C=O) groups excluding carboxylic acids is 1. The average Bonchev–Trinajstić information content (AvgIpc) is 3.00. The van der Waals surface area contributed by atoms with Crippen LogP contribution >= 0.6 is 11.3 Å². The van der Waals surface area contributed by atoms with E-state index in [0.29, 0.717) is 12.8 Å². The molecule has 1 aromatic heterocycles. The minimum atomic E-state index is -4.96. The van der Waals surface area contributed by atoms with E-state index < -0.39 is 23.7 Å². The largest absolute Gasteiger partial charge is 0.439 e. The van der Waals surface area contributed by atoms with Gasteiger partial charge in [-0.3, -0.25) is 4.79 Å². The molecule has 0 saturated heterocycles. The van der Waals surface area contributed by atoms with E-state index in [1.807, 2.05) is 0 Å². The van der Waals surface area contributed by atoms with Crippen LogP contribution in [-0.2, 0) is 0 Å². The summed E-state index contributed by atoms with van der Waals surface area (Å²) >= 11 is 1.03. The molecule has 0 aromatic carbocycles. The topological polar surface area (TPSA) is 52.9 Å². The van der Waals surface area contributed by atoms with Crippen LogP contribution in [0.1, 0.15) is 41.8 Å². The molecule has 120 valence electrons. The van der Waals surface area contributed by atoms with Crippen molar-refractivity contribution in [3.05, 3.63) is 22.4 Å². The van der Waals surface area contributed by atoms with Gasteiger partial charge in [-0.15, -0.1) is 11.3 Å². The number of hydrogen-bond donors (Lipinski definition) is 1. The Morgan fingerprint density at radius 3 is 2.82 bits per heavy atom. The molecule has 1 N–H and O–H groups in total. The summed E-state index contributed by atoms with van der Waals surface area (Å²) in [6.45, 7) is 0. The molecule has 22 heavy (non-hydrogen) atoms. The fourth-order valence-corrected chi connectivity index (χ4v) is 3.75. The maximum atomic E-state index is 13.6. The van der Waals surface area contributed by atoms with Gasteiger partial charge in [0.05, 0.1) is 10.8 Å². The van der Waals surface area contributed by atoms with Gasteiger partial charge >= 0.3 is 6.18 Å². The number of alkyl halides is 3. The van der Waals surface area contributed by atoms with Crippen molar-refractivity contribution in [3.63, 3.8) is 0 Å². The summed E-state index contributed by atoms with van der Waals surface area (Å²) in [5.74, 6) is -2.07. The summed E-state index contributed by atoms with van der Waals surface area (Å²) in [4.78, 5) is 12.5.